The van der Waals surface area contributed by atoms with Gasteiger partial charge in [0.25, 0.3) is 0 Å². The van der Waals surface area contributed by atoms with Gasteiger partial charge < -0.3 is 5.32 Å². The number of rotatable bonds is 4. The van der Waals surface area contributed by atoms with Crippen molar-refractivity contribution in [1.29, 1.82) is 0 Å². The molecule has 1 N–H and O–H groups in total. The molecule has 0 amide bonds. The van der Waals surface area contributed by atoms with E-state index in [0.717, 1.165) is 11.2 Å². The van der Waals surface area contributed by atoms with Crippen molar-refractivity contribution < 1.29 is 0 Å². The van der Waals surface area contributed by atoms with Crippen LogP contribution in [-0.4, -0.2) is 27.2 Å². The number of hydrogen-bond acceptors (Lipinski definition) is 4. The maximum absolute atomic E-state index is 4.29. The molecule has 0 aliphatic heterocycles. The van der Waals surface area contributed by atoms with Gasteiger partial charge in [0.15, 0.2) is 5.82 Å². The second kappa shape index (κ2) is 5.78. The van der Waals surface area contributed by atoms with E-state index >= 15 is 0 Å². The molecule has 1 saturated carbocycles. The van der Waals surface area contributed by atoms with E-state index in [1.165, 1.54) is 30.4 Å². The Bertz CT molecular complexity index is 553. The van der Waals surface area contributed by atoms with E-state index in [4.69, 9.17) is 0 Å². The summed E-state index contributed by atoms with van der Waals surface area (Å²) in [4.78, 5) is 0. The first-order valence-electron chi connectivity index (χ1n) is 6.97. The molecule has 0 radical (unpaired) electrons. The van der Waals surface area contributed by atoms with Crippen LogP contribution in [0.5, 0.6) is 0 Å². The molecule has 0 spiro atoms. The number of thioether (sulfide) groups is 1. The molecule has 2 atom stereocenters. The Hall–Kier alpha value is -1.29. The third kappa shape index (κ3) is 2.68. The van der Waals surface area contributed by atoms with Crippen LogP contribution in [0, 0.1) is 0 Å². The molecule has 1 aliphatic rings. The van der Waals surface area contributed by atoms with Gasteiger partial charge in [0.1, 0.15) is 0 Å². The lowest BCUT2D eigenvalue weighted by Gasteiger charge is -2.21. The topological polar surface area (TPSA) is 37.8 Å². The zero-order valence-electron chi connectivity index (χ0n) is 11.2. The molecule has 1 aliphatic carbocycles. The molecule has 2 unspecified atom stereocenters. The molecule has 19 heavy (non-hydrogen) atoms. The number of anilines is 1. The fourth-order valence-corrected chi connectivity index (χ4v) is 4.01. The summed E-state index contributed by atoms with van der Waals surface area (Å²) in [5.41, 5.74) is 0. The van der Waals surface area contributed by atoms with Gasteiger partial charge in [0.05, 0.1) is 6.20 Å². The highest BCUT2D eigenvalue weighted by molar-refractivity contribution is 7.99. The molecular weight excluding hydrogens is 254 g/mol. The van der Waals surface area contributed by atoms with Gasteiger partial charge in [-0.1, -0.05) is 37.6 Å². The van der Waals surface area contributed by atoms with Crippen molar-refractivity contribution in [3.05, 3.63) is 30.5 Å². The molecule has 1 fully saturated rings. The highest BCUT2D eigenvalue weighted by atomic mass is 32.2. The van der Waals surface area contributed by atoms with E-state index in [1.807, 2.05) is 12.3 Å². The normalized spacial score (nSPS) is 22.8. The summed E-state index contributed by atoms with van der Waals surface area (Å²) in [5, 5.41) is 15.1. The minimum absolute atomic E-state index is 0.532. The van der Waals surface area contributed by atoms with Gasteiger partial charge >= 0.3 is 0 Å². The van der Waals surface area contributed by atoms with Gasteiger partial charge in [0.2, 0.25) is 0 Å². The van der Waals surface area contributed by atoms with E-state index in [2.05, 4.69) is 52.4 Å². The quantitative estimate of drug-likeness (QED) is 0.921. The van der Waals surface area contributed by atoms with Crippen LogP contribution in [-0.2, 0) is 0 Å². The number of nitrogens with one attached hydrogen (secondary N) is 1. The average molecular weight is 273 g/mol. The smallest absolute Gasteiger partial charge is 0.156 e. The Labute approximate surface area is 118 Å². The first kappa shape index (κ1) is 12.7. The Balaban J connectivity index is 1.85. The Kier molecular flexibility index (Phi) is 3.87. The van der Waals surface area contributed by atoms with Gasteiger partial charge in [-0.2, -0.15) is 16.9 Å². The van der Waals surface area contributed by atoms with E-state index in [9.17, 15) is 0 Å². The lowest BCUT2D eigenvalue weighted by atomic mass is 10.1. The fourth-order valence-electron chi connectivity index (χ4n) is 2.81. The van der Waals surface area contributed by atoms with Gasteiger partial charge in [0, 0.05) is 22.1 Å². The molecule has 4 heteroatoms. The van der Waals surface area contributed by atoms with Crippen molar-refractivity contribution in [2.24, 2.45) is 0 Å². The van der Waals surface area contributed by atoms with Gasteiger partial charge in [-0.15, -0.1) is 5.10 Å². The average Bonchev–Trinajstić information content (AvgIpc) is 2.87. The summed E-state index contributed by atoms with van der Waals surface area (Å²) >= 11 is 2.06. The first-order valence-corrected chi connectivity index (χ1v) is 8.02. The second-order valence-electron chi connectivity index (χ2n) is 4.96. The monoisotopic (exact) mass is 273 g/mol. The predicted molar refractivity (Wildman–Crippen MR) is 82.7 cm³/mol. The minimum Gasteiger partial charge on any atom is -0.364 e. The van der Waals surface area contributed by atoms with Crippen molar-refractivity contribution in [2.45, 2.75) is 37.5 Å². The molecular formula is C15H19N3S. The van der Waals surface area contributed by atoms with Crippen molar-refractivity contribution in [3.63, 3.8) is 0 Å². The summed E-state index contributed by atoms with van der Waals surface area (Å²) in [7, 11) is 0. The maximum atomic E-state index is 4.29. The molecule has 1 aromatic heterocycles. The molecule has 2 aromatic rings. The van der Waals surface area contributed by atoms with E-state index in [0.29, 0.717) is 11.3 Å². The highest BCUT2D eigenvalue weighted by Crippen LogP contribution is 2.32. The summed E-state index contributed by atoms with van der Waals surface area (Å²) in [6.45, 7) is 2.23. The van der Waals surface area contributed by atoms with Crippen LogP contribution < -0.4 is 5.32 Å². The Morgan fingerprint density at radius 2 is 2.21 bits per heavy atom. The largest absolute Gasteiger partial charge is 0.364 e. The van der Waals surface area contributed by atoms with Crippen molar-refractivity contribution in [1.82, 2.24) is 10.2 Å². The van der Waals surface area contributed by atoms with E-state index in [1.54, 1.807) is 0 Å². The molecule has 0 bridgehead atoms. The van der Waals surface area contributed by atoms with Gasteiger partial charge in [-0.05, 0) is 18.6 Å². The van der Waals surface area contributed by atoms with Crippen molar-refractivity contribution >= 4 is 28.4 Å². The highest BCUT2D eigenvalue weighted by Gasteiger charge is 2.27. The third-order valence-corrected chi connectivity index (χ3v) is 5.05. The summed E-state index contributed by atoms with van der Waals surface area (Å²) in [5.74, 6) is 2.12. The van der Waals surface area contributed by atoms with E-state index in [-0.39, 0.29) is 0 Å². The number of fused-ring (bicyclic) bond motifs is 1. The minimum atomic E-state index is 0.532. The lowest BCUT2D eigenvalue weighted by molar-refractivity contribution is 0.760. The Morgan fingerprint density at radius 3 is 3.11 bits per heavy atom. The van der Waals surface area contributed by atoms with Crippen LogP contribution >= 0.6 is 11.8 Å². The zero-order valence-corrected chi connectivity index (χ0v) is 12.0. The predicted octanol–water partition coefficient (Wildman–Crippen LogP) is 3.72. The van der Waals surface area contributed by atoms with Crippen molar-refractivity contribution in [2.75, 3.05) is 11.1 Å². The standard InChI is InChI=1S/C15H19N3S/c1-2-19-14-9-5-8-13(14)17-15-12-7-4-3-6-11(12)10-16-18-15/h3-4,6-7,10,13-14H,2,5,8-9H2,1H3,(H,17,18). The van der Waals surface area contributed by atoms with Gasteiger partial charge in [-0.25, -0.2) is 0 Å². The lowest BCUT2D eigenvalue weighted by Crippen LogP contribution is -2.26. The molecule has 1 aromatic carbocycles. The van der Waals surface area contributed by atoms with E-state index < -0.39 is 0 Å². The van der Waals surface area contributed by atoms with Gasteiger partial charge in [-0.3, -0.25) is 0 Å². The van der Waals surface area contributed by atoms with Crippen LogP contribution in [0.2, 0.25) is 0 Å². The zero-order chi connectivity index (χ0) is 13.1. The van der Waals surface area contributed by atoms with Crippen LogP contribution in [0.4, 0.5) is 5.82 Å². The number of hydrogen-bond donors (Lipinski definition) is 1. The van der Waals surface area contributed by atoms with Crippen LogP contribution in [0.1, 0.15) is 26.2 Å². The molecule has 100 valence electrons. The summed E-state index contributed by atoms with van der Waals surface area (Å²) in [6.07, 6.45) is 5.69. The SMILES string of the molecule is CCSC1CCCC1Nc1nncc2ccccc12. The molecule has 0 saturated heterocycles. The molecule has 3 rings (SSSR count). The second-order valence-corrected chi connectivity index (χ2v) is 6.47. The van der Waals surface area contributed by atoms with Crippen LogP contribution in [0.15, 0.2) is 30.5 Å². The maximum Gasteiger partial charge on any atom is 0.156 e. The van der Waals surface area contributed by atoms with Crippen LogP contribution in [0.25, 0.3) is 10.8 Å². The first-order chi connectivity index (χ1) is 9.38. The summed E-state index contributed by atoms with van der Waals surface area (Å²) < 4.78 is 0. The molecule has 3 nitrogen and oxygen atoms in total. The Morgan fingerprint density at radius 1 is 1.32 bits per heavy atom. The fraction of sp³-hybridized carbons (Fsp3) is 0.467. The van der Waals surface area contributed by atoms with Crippen molar-refractivity contribution in [3.8, 4) is 0 Å². The number of benzene rings is 1. The third-order valence-electron chi connectivity index (χ3n) is 3.73. The van der Waals surface area contributed by atoms with Crippen LogP contribution in [0.3, 0.4) is 0 Å². The number of nitrogens with zero attached hydrogens (tertiary/aromatic N) is 2. The number of aromatic nitrogens is 2. The summed E-state index contributed by atoms with van der Waals surface area (Å²) in [6, 6.07) is 8.83. The molecule has 1 heterocycles.